The van der Waals surface area contributed by atoms with E-state index in [-0.39, 0.29) is 34.9 Å². The van der Waals surface area contributed by atoms with Crippen LogP contribution in [0.3, 0.4) is 0 Å². The summed E-state index contributed by atoms with van der Waals surface area (Å²) in [7, 11) is 0. The van der Waals surface area contributed by atoms with E-state index in [9.17, 15) is 19.8 Å². The highest BCUT2D eigenvalue weighted by Gasteiger charge is 2.21. The van der Waals surface area contributed by atoms with Crippen LogP contribution >= 0.6 is 0 Å². The molecule has 0 radical (unpaired) electrons. The summed E-state index contributed by atoms with van der Waals surface area (Å²) in [5, 5.41) is 19.7. The van der Waals surface area contributed by atoms with Crippen molar-refractivity contribution < 1.29 is 24.5 Å². The number of phenolic OH excluding ortho intramolecular Hbond substituents is 2. The Labute approximate surface area is 142 Å². The van der Waals surface area contributed by atoms with E-state index in [0.717, 1.165) is 12.5 Å². The first-order valence-electron chi connectivity index (χ1n) is 8.33. The second-order valence-corrected chi connectivity index (χ2v) is 6.45. The van der Waals surface area contributed by atoms with E-state index < -0.39 is 5.97 Å². The van der Waals surface area contributed by atoms with Gasteiger partial charge in [0.05, 0.1) is 6.10 Å². The highest BCUT2D eigenvalue weighted by atomic mass is 16.5. The molecule has 1 aromatic rings. The van der Waals surface area contributed by atoms with Gasteiger partial charge in [0.25, 0.3) is 0 Å². The molecule has 24 heavy (non-hydrogen) atoms. The molecule has 1 heterocycles. The van der Waals surface area contributed by atoms with E-state index in [1.807, 2.05) is 13.0 Å². The van der Waals surface area contributed by atoms with Gasteiger partial charge in [-0.3, -0.25) is 4.79 Å². The average Bonchev–Trinajstić information content (AvgIpc) is 2.49. The molecule has 0 aliphatic carbocycles. The summed E-state index contributed by atoms with van der Waals surface area (Å²) in [4.78, 5) is 24.3. The minimum atomic E-state index is -0.629. The molecule has 0 saturated carbocycles. The molecule has 1 aliphatic heterocycles. The first-order chi connectivity index (χ1) is 11.4. The number of benzene rings is 1. The number of hydrogen-bond acceptors (Lipinski definition) is 5. The maximum atomic E-state index is 12.4. The van der Waals surface area contributed by atoms with Gasteiger partial charge >= 0.3 is 5.97 Å². The number of esters is 1. The fraction of sp³-hybridized carbons (Fsp3) is 0.474. The van der Waals surface area contributed by atoms with Gasteiger partial charge in [-0.05, 0) is 43.7 Å². The van der Waals surface area contributed by atoms with Crippen molar-refractivity contribution in [1.82, 2.24) is 0 Å². The fourth-order valence-electron chi connectivity index (χ4n) is 2.75. The third kappa shape index (κ3) is 4.85. The van der Waals surface area contributed by atoms with Crippen molar-refractivity contribution in [3.63, 3.8) is 0 Å². The highest BCUT2D eigenvalue weighted by molar-refractivity contribution is 5.97. The molecule has 1 aliphatic rings. The second kappa shape index (κ2) is 7.99. The molecular formula is C19H24O5. The zero-order chi connectivity index (χ0) is 17.7. The molecule has 0 saturated heterocycles. The van der Waals surface area contributed by atoms with Gasteiger partial charge in [-0.25, -0.2) is 4.79 Å². The maximum Gasteiger partial charge on any atom is 0.342 e. The highest BCUT2D eigenvalue weighted by Crippen LogP contribution is 2.30. The number of phenols is 2. The summed E-state index contributed by atoms with van der Waals surface area (Å²) in [5.41, 5.74) is 0.455. The molecular weight excluding hydrogens is 308 g/mol. The molecule has 0 aromatic heterocycles. The molecule has 0 unspecified atom stereocenters. The van der Waals surface area contributed by atoms with Crippen LogP contribution in [-0.2, 0) is 9.53 Å². The molecule has 0 amide bonds. The zero-order valence-corrected chi connectivity index (χ0v) is 14.1. The Morgan fingerprint density at radius 1 is 1.08 bits per heavy atom. The predicted molar refractivity (Wildman–Crippen MR) is 90.9 cm³/mol. The van der Waals surface area contributed by atoms with Crippen molar-refractivity contribution in [1.29, 1.82) is 0 Å². The number of fused-ring (bicyclic) bond motifs is 1. The van der Waals surface area contributed by atoms with Crippen LogP contribution in [0.5, 0.6) is 11.5 Å². The van der Waals surface area contributed by atoms with E-state index in [2.05, 4.69) is 0 Å². The van der Waals surface area contributed by atoms with Gasteiger partial charge in [0.2, 0.25) is 0 Å². The van der Waals surface area contributed by atoms with Crippen LogP contribution in [-0.4, -0.2) is 28.1 Å². The van der Waals surface area contributed by atoms with Crippen LogP contribution in [0.25, 0.3) is 6.08 Å². The number of carbonyl (C=O) groups is 2. The Hall–Kier alpha value is -2.30. The van der Waals surface area contributed by atoms with E-state index in [1.165, 1.54) is 6.07 Å². The second-order valence-electron chi connectivity index (χ2n) is 6.45. The monoisotopic (exact) mass is 332 g/mol. The van der Waals surface area contributed by atoms with Gasteiger partial charge in [-0.2, -0.15) is 0 Å². The molecule has 5 heteroatoms. The van der Waals surface area contributed by atoms with Crippen molar-refractivity contribution in [3.8, 4) is 11.5 Å². The Morgan fingerprint density at radius 2 is 1.83 bits per heavy atom. The summed E-state index contributed by atoms with van der Waals surface area (Å²) in [6.45, 7) is 3.75. The van der Waals surface area contributed by atoms with Gasteiger partial charge in [0.15, 0.2) is 0 Å². The Balaban J connectivity index is 2.37. The Kier molecular flexibility index (Phi) is 6.01. The molecule has 0 spiro atoms. The predicted octanol–water partition coefficient (Wildman–Crippen LogP) is 3.83. The number of hydrogen-bond donors (Lipinski definition) is 2. The topological polar surface area (TPSA) is 83.8 Å². The minimum absolute atomic E-state index is 0.0521. The van der Waals surface area contributed by atoms with E-state index in [4.69, 9.17) is 4.74 Å². The van der Waals surface area contributed by atoms with Gasteiger partial charge in [-0.15, -0.1) is 0 Å². The Morgan fingerprint density at radius 3 is 2.58 bits per heavy atom. The lowest BCUT2D eigenvalue weighted by Gasteiger charge is -2.16. The third-order valence-corrected chi connectivity index (χ3v) is 4.19. The van der Waals surface area contributed by atoms with Gasteiger partial charge in [-0.1, -0.05) is 19.1 Å². The van der Waals surface area contributed by atoms with Crippen molar-refractivity contribution >= 4 is 17.8 Å². The van der Waals surface area contributed by atoms with Crippen LogP contribution in [0.4, 0.5) is 0 Å². The summed E-state index contributed by atoms with van der Waals surface area (Å²) >= 11 is 0. The molecule has 1 aromatic carbocycles. The number of ether oxygens (including phenoxy) is 1. The minimum Gasteiger partial charge on any atom is -0.508 e. The summed E-state index contributed by atoms with van der Waals surface area (Å²) in [5.74, 6) is -0.691. The molecule has 2 rings (SSSR count). The maximum absolute atomic E-state index is 12.4. The molecule has 0 bridgehead atoms. The Bertz CT molecular complexity index is 647. The SMILES string of the molecule is C[C@@H]1/C=C/c2cc(O)cc(O)c2C(=O)O[C@@H](C)CCCC(=O)CC1. The lowest BCUT2D eigenvalue weighted by atomic mass is 9.97. The van der Waals surface area contributed by atoms with Crippen molar-refractivity contribution in [2.75, 3.05) is 0 Å². The van der Waals surface area contributed by atoms with Crippen LogP contribution < -0.4 is 0 Å². The first-order valence-corrected chi connectivity index (χ1v) is 8.33. The number of Topliss-reactive ketones (excluding diaryl/α,β-unsaturated/α-hetero) is 1. The van der Waals surface area contributed by atoms with Crippen molar-refractivity contribution in [2.24, 2.45) is 5.92 Å². The third-order valence-electron chi connectivity index (χ3n) is 4.19. The van der Waals surface area contributed by atoms with Crippen LogP contribution in [0.15, 0.2) is 18.2 Å². The summed E-state index contributed by atoms with van der Waals surface area (Å²) < 4.78 is 5.38. The molecule has 2 atom stereocenters. The quantitative estimate of drug-likeness (QED) is 0.706. The van der Waals surface area contributed by atoms with Crippen molar-refractivity contribution in [3.05, 3.63) is 29.3 Å². The molecule has 0 fully saturated rings. The number of rotatable bonds is 0. The number of aromatic hydroxyl groups is 2. The van der Waals surface area contributed by atoms with E-state index in [1.54, 1.807) is 13.0 Å². The van der Waals surface area contributed by atoms with Crippen LogP contribution in [0.2, 0.25) is 0 Å². The van der Waals surface area contributed by atoms with Crippen molar-refractivity contribution in [2.45, 2.75) is 52.1 Å². The number of ketones is 1. The number of cyclic esters (lactones) is 1. The normalized spacial score (nSPS) is 24.6. The largest absolute Gasteiger partial charge is 0.508 e. The van der Waals surface area contributed by atoms with Crippen LogP contribution in [0.1, 0.15) is 61.9 Å². The van der Waals surface area contributed by atoms with E-state index in [0.29, 0.717) is 31.2 Å². The first kappa shape index (κ1) is 18.0. The lowest BCUT2D eigenvalue weighted by Crippen LogP contribution is -2.17. The van der Waals surface area contributed by atoms with E-state index >= 15 is 0 Å². The molecule has 2 N–H and O–H groups in total. The molecule has 5 nitrogen and oxygen atoms in total. The van der Waals surface area contributed by atoms with Crippen LogP contribution in [0, 0.1) is 5.92 Å². The zero-order valence-electron chi connectivity index (χ0n) is 14.1. The lowest BCUT2D eigenvalue weighted by molar-refractivity contribution is -0.119. The molecule has 130 valence electrons. The van der Waals surface area contributed by atoms with Gasteiger partial charge in [0.1, 0.15) is 22.8 Å². The average molecular weight is 332 g/mol. The van der Waals surface area contributed by atoms with Gasteiger partial charge in [0, 0.05) is 18.9 Å². The van der Waals surface area contributed by atoms with Gasteiger partial charge < -0.3 is 14.9 Å². The fourth-order valence-corrected chi connectivity index (χ4v) is 2.75. The number of allylic oxidation sites excluding steroid dienone is 1. The number of carbonyl (C=O) groups excluding carboxylic acids is 2. The standard InChI is InChI=1S/C19H24O5/c1-12-6-8-14-10-16(21)11-17(22)18(14)19(23)24-13(2)4-3-5-15(20)9-7-12/h6,8,10-13,21-22H,3-5,7,9H2,1-2H3/b8-6+/t12-,13+/m1/s1. The summed E-state index contributed by atoms with van der Waals surface area (Å²) in [6.07, 6.45) is 6.22. The summed E-state index contributed by atoms with van der Waals surface area (Å²) in [6, 6.07) is 2.55. The smallest absolute Gasteiger partial charge is 0.342 e.